The first kappa shape index (κ1) is 13.1. The van der Waals surface area contributed by atoms with Gasteiger partial charge in [0.05, 0.1) is 19.2 Å². The fraction of sp³-hybridized carbons (Fsp3) is 0.286. The van der Waals surface area contributed by atoms with Gasteiger partial charge in [-0.25, -0.2) is 4.98 Å². The smallest absolute Gasteiger partial charge is 0.303 e. The van der Waals surface area contributed by atoms with Crippen LogP contribution in [-0.2, 0) is 11.2 Å². The molecule has 2 rings (SSSR count). The van der Waals surface area contributed by atoms with Gasteiger partial charge in [-0.1, -0.05) is 12.1 Å². The van der Waals surface area contributed by atoms with Crippen molar-refractivity contribution in [3.05, 3.63) is 35.7 Å². The van der Waals surface area contributed by atoms with Gasteiger partial charge in [-0.3, -0.25) is 4.79 Å². The predicted molar refractivity (Wildman–Crippen MR) is 71.3 cm³/mol. The first-order valence-electron chi connectivity index (χ1n) is 6.02. The number of aromatic amines is 1. The van der Waals surface area contributed by atoms with E-state index in [4.69, 9.17) is 9.84 Å². The van der Waals surface area contributed by atoms with E-state index in [2.05, 4.69) is 9.97 Å². The van der Waals surface area contributed by atoms with Crippen molar-refractivity contribution in [2.45, 2.75) is 19.8 Å². The van der Waals surface area contributed by atoms with Crippen molar-refractivity contribution in [1.29, 1.82) is 0 Å². The summed E-state index contributed by atoms with van der Waals surface area (Å²) in [5.74, 6) is 0.681. The van der Waals surface area contributed by atoms with E-state index >= 15 is 0 Å². The minimum atomic E-state index is -0.815. The van der Waals surface area contributed by atoms with Crippen LogP contribution in [0.25, 0.3) is 11.4 Å². The van der Waals surface area contributed by atoms with Crippen molar-refractivity contribution < 1.29 is 14.6 Å². The Kier molecular flexibility index (Phi) is 3.85. The largest absolute Gasteiger partial charge is 0.497 e. The fourth-order valence-electron chi connectivity index (χ4n) is 1.87. The molecule has 5 nitrogen and oxygen atoms in total. The number of methoxy groups -OCH3 is 1. The Morgan fingerprint density at radius 3 is 2.95 bits per heavy atom. The van der Waals surface area contributed by atoms with Crippen LogP contribution >= 0.6 is 0 Å². The summed E-state index contributed by atoms with van der Waals surface area (Å²) in [5, 5.41) is 8.70. The van der Waals surface area contributed by atoms with Gasteiger partial charge in [0, 0.05) is 17.7 Å². The number of rotatable bonds is 5. The molecule has 0 aliphatic heterocycles. The van der Waals surface area contributed by atoms with Crippen LogP contribution in [0.15, 0.2) is 24.3 Å². The Morgan fingerprint density at radius 2 is 2.26 bits per heavy atom. The van der Waals surface area contributed by atoms with E-state index in [0.717, 1.165) is 28.5 Å². The molecule has 0 amide bonds. The lowest BCUT2D eigenvalue weighted by Crippen LogP contribution is -1.98. The quantitative estimate of drug-likeness (QED) is 0.865. The molecule has 0 bridgehead atoms. The van der Waals surface area contributed by atoms with Gasteiger partial charge in [-0.05, 0) is 19.1 Å². The maximum atomic E-state index is 10.6. The molecular formula is C14H16N2O3. The lowest BCUT2D eigenvalue weighted by atomic mass is 10.2. The molecule has 0 spiro atoms. The number of aryl methyl sites for hydroxylation is 2. The molecule has 1 heterocycles. The number of carbonyl (C=O) groups is 1. The highest BCUT2D eigenvalue weighted by atomic mass is 16.5. The molecule has 5 heteroatoms. The number of nitrogens with one attached hydrogen (secondary N) is 1. The number of nitrogens with zero attached hydrogens (tertiary/aromatic N) is 1. The Balaban J connectivity index is 2.25. The van der Waals surface area contributed by atoms with Gasteiger partial charge in [0.2, 0.25) is 0 Å². The summed E-state index contributed by atoms with van der Waals surface area (Å²) in [6.07, 6.45) is 0.519. The zero-order valence-corrected chi connectivity index (χ0v) is 10.9. The van der Waals surface area contributed by atoms with E-state index in [0.29, 0.717) is 6.42 Å². The van der Waals surface area contributed by atoms with Gasteiger partial charge in [0.25, 0.3) is 0 Å². The summed E-state index contributed by atoms with van der Waals surface area (Å²) in [4.78, 5) is 18.2. The summed E-state index contributed by atoms with van der Waals surface area (Å²) >= 11 is 0. The van der Waals surface area contributed by atoms with Crippen LogP contribution in [-0.4, -0.2) is 28.2 Å². The number of ether oxygens (including phenoxy) is 1. The van der Waals surface area contributed by atoms with Gasteiger partial charge in [-0.15, -0.1) is 0 Å². The lowest BCUT2D eigenvalue weighted by molar-refractivity contribution is -0.136. The number of H-pyrrole nitrogens is 1. The Labute approximate surface area is 111 Å². The van der Waals surface area contributed by atoms with Crippen LogP contribution in [0.4, 0.5) is 0 Å². The molecule has 1 aromatic heterocycles. The van der Waals surface area contributed by atoms with Crippen LogP contribution in [0.1, 0.15) is 17.8 Å². The van der Waals surface area contributed by atoms with E-state index in [9.17, 15) is 4.79 Å². The molecule has 100 valence electrons. The Morgan fingerprint density at radius 1 is 1.47 bits per heavy atom. The number of benzene rings is 1. The maximum absolute atomic E-state index is 10.6. The molecule has 2 N–H and O–H groups in total. The average molecular weight is 260 g/mol. The standard InChI is InChI=1S/C14H16N2O3/c1-9-12(6-7-13(17)18)16-14(15-9)10-4-3-5-11(8-10)19-2/h3-5,8H,6-7H2,1-2H3,(H,15,16)(H,17,18). The van der Waals surface area contributed by atoms with Crippen molar-refractivity contribution in [3.63, 3.8) is 0 Å². The van der Waals surface area contributed by atoms with Gasteiger partial charge >= 0.3 is 5.97 Å². The summed E-state index contributed by atoms with van der Waals surface area (Å²) in [5.41, 5.74) is 2.61. The second kappa shape index (κ2) is 5.56. The number of carboxylic acid groups (broad SMARTS) is 1. The average Bonchev–Trinajstić information content (AvgIpc) is 2.78. The molecule has 0 saturated carbocycles. The fourth-order valence-corrected chi connectivity index (χ4v) is 1.87. The maximum Gasteiger partial charge on any atom is 0.303 e. The van der Waals surface area contributed by atoms with Crippen LogP contribution in [0.2, 0.25) is 0 Å². The summed E-state index contributed by atoms with van der Waals surface area (Å²) in [6.45, 7) is 1.90. The molecule has 0 aliphatic carbocycles. The van der Waals surface area contributed by atoms with E-state index in [1.807, 2.05) is 31.2 Å². The third kappa shape index (κ3) is 3.13. The number of hydrogen-bond acceptors (Lipinski definition) is 3. The van der Waals surface area contributed by atoms with E-state index in [1.54, 1.807) is 7.11 Å². The molecule has 1 aromatic carbocycles. The minimum absolute atomic E-state index is 0.0866. The Hall–Kier alpha value is -2.30. The normalized spacial score (nSPS) is 10.4. The molecule has 0 atom stereocenters. The number of imidazole rings is 1. The third-order valence-corrected chi connectivity index (χ3v) is 2.90. The molecule has 0 radical (unpaired) electrons. The zero-order chi connectivity index (χ0) is 13.8. The predicted octanol–water partition coefficient (Wildman–Crippen LogP) is 2.41. The first-order chi connectivity index (χ1) is 9.10. The molecule has 0 fully saturated rings. The topological polar surface area (TPSA) is 75.2 Å². The second-order valence-corrected chi connectivity index (χ2v) is 4.28. The van der Waals surface area contributed by atoms with E-state index < -0.39 is 5.97 Å². The van der Waals surface area contributed by atoms with Crippen molar-refractivity contribution >= 4 is 5.97 Å². The number of carboxylic acids is 1. The summed E-state index contributed by atoms with van der Waals surface area (Å²) in [6, 6.07) is 7.58. The number of hydrogen-bond donors (Lipinski definition) is 2. The molecular weight excluding hydrogens is 244 g/mol. The molecule has 19 heavy (non-hydrogen) atoms. The highest BCUT2D eigenvalue weighted by Gasteiger charge is 2.10. The van der Waals surface area contributed by atoms with Crippen LogP contribution in [0.3, 0.4) is 0 Å². The summed E-state index contributed by atoms with van der Waals surface area (Å²) < 4.78 is 5.17. The summed E-state index contributed by atoms with van der Waals surface area (Å²) in [7, 11) is 1.62. The van der Waals surface area contributed by atoms with Crippen LogP contribution in [0.5, 0.6) is 5.75 Å². The van der Waals surface area contributed by atoms with Crippen molar-refractivity contribution in [1.82, 2.24) is 9.97 Å². The molecule has 0 unspecified atom stereocenters. The van der Waals surface area contributed by atoms with Gasteiger partial charge < -0.3 is 14.8 Å². The van der Waals surface area contributed by atoms with Gasteiger partial charge in [0.1, 0.15) is 11.6 Å². The van der Waals surface area contributed by atoms with E-state index in [1.165, 1.54) is 0 Å². The van der Waals surface area contributed by atoms with Crippen LogP contribution in [0, 0.1) is 6.92 Å². The lowest BCUT2D eigenvalue weighted by Gasteiger charge is -2.01. The van der Waals surface area contributed by atoms with Crippen molar-refractivity contribution in [2.24, 2.45) is 0 Å². The van der Waals surface area contributed by atoms with Gasteiger partial charge in [-0.2, -0.15) is 0 Å². The zero-order valence-electron chi connectivity index (χ0n) is 10.9. The SMILES string of the molecule is COc1cccc(-c2nc(CCC(=O)O)c(C)[nH]2)c1. The Bertz CT molecular complexity index is 590. The van der Waals surface area contributed by atoms with Crippen molar-refractivity contribution in [2.75, 3.05) is 7.11 Å². The van der Waals surface area contributed by atoms with Crippen LogP contribution < -0.4 is 4.74 Å². The van der Waals surface area contributed by atoms with Gasteiger partial charge in [0.15, 0.2) is 0 Å². The van der Waals surface area contributed by atoms with Crippen molar-refractivity contribution in [3.8, 4) is 17.1 Å². The van der Waals surface area contributed by atoms with E-state index in [-0.39, 0.29) is 6.42 Å². The molecule has 0 aliphatic rings. The third-order valence-electron chi connectivity index (χ3n) is 2.90. The molecule has 2 aromatic rings. The number of aromatic nitrogens is 2. The molecule has 0 saturated heterocycles. The second-order valence-electron chi connectivity index (χ2n) is 4.28. The monoisotopic (exact) mass is 260 g/mol. The number of aliphatic carboxylic acids is 1. The highest BCUT2D eigenvalue weighted by molar-refractivity contribution is 5.67. The highest BCUT2D eigenvalue weighted by Crippen LogP contribution is 2.22. The first-order valence-corrected chi connectivity index (χ1v) is 6.02. The minimum Gasteiger partial charge on any atom is -0.497 e.